The molecule has 0 spiro atoms. The number of aryl methyl sites for hydroxylation is 1. The lowest BCUT2D eigenvalue weighted by atomic mass is 9.96. The van der Waals surface area contributed by atoms with Crippen LogP contribution in [-0.4, -0.2) is 11.9 Å². The molecule has 1 fully saturated rings. The lowest BCUT2D eigenvalue weighted by molar-refractivity contribution is 0.0930. The van der Waals surface area contributed by atoms with Gasteiger partial charge >= 0.3 is 0 Å². The van der Waals surface area contributed by atoms with Crippen molar-refractivity contribution in [2.24, 2.45) is 0 Å². The van der Waals surface area contributed by atoms with Crippen LogP contribution in [0.1, 0.15) is 60.9 Å². The first-order valence-electron chi connectivity index (χ1n) is 7.24. The van der Waals surface area contributed by atoms with E-state index >= 15 is 0 Å². The maximum Gasteiger partial charge on any atom is 0.251 e. The van der Waals surface area contributed by atoms with Crippen molar-refractivity contribution in [3.05, 3.63) is 34.3 Å². The Morgan fingerprint density at radius 2 is 1.79 bits per heavy atom. The Balaban J connectivity index is 1.96. The maximum atomic E-state index is 12.2. The Morgan fingerprint density at radius 1 is 1.16 bits per heavy atom. The Kier molecular flexibility index (Phi) is 5.26. The summed E-state index contributed by atoms with van der Waals surface area (Å²) in [7, 11) is 0. The molecule has 104 valence electrons. The molecular formula is C16H22ClNO. The zero-order chi connectivity index (χ0) is 13.7. The van der Waals surface area contributed by atoms with Crippen LogP contribution in [0.2, 0.25) is 5.02 Å². The van der Waals surface area contributed by atoms with Gasteiger partial charge in [-0.1, -0.05) is 49.8 Å². The quantitative estimate of drug-likeness (QED) is 0.849. The average Bonchev–Trinajstić information content (AvgIpc) is 2.35. The van der Waals surface area contributed by atoms with Gasteiger partial charge in [0.05, 0.1) is 0 Å². The molecule has 0 heterocycles. The summed E-state index contributed by atoms with van der Waals surface area (Å²) in [5.74, 6) is 0.00692. The fraction of sp³-hybridized carbons (Fsp3) is 0.562. The maximum absolute atomic E-state index is 12.2. The highest BCUT2D eigenvalue weighted by Gasteiger charge is 2.15. The zero-order valence-electron chi connectivity index (χ0n) is 11.5. The molecule has 3 heteroatoms. The van der Waals surface area contributed by atoms with Gasteiger partial charge in [0.2, 0.25) is 0 Å². The van der Waals surface area contributed by atoms with Crippen molar-refractivity contribution in [3.63, 3.8) is 0 Å². The highest BCUT2D eigenvalue weighted by atomic mass is 35.5. The predicted octanol–water partition coefficient (Wildman–Crippen LogP) is 4.49. The lowest BCUT2D eigenvalue weighted by Gasteiger charge is -2.21. The van der Waals surface area contributed by atoms with Crippen LogP contribution in [0.3, 0.4) is 0 Å². The summed E-state index contributed by atoms with van der Waals surface area (Å²) in [4.78, 5) is 12.2. The van der Waals surface area contributed by atoms with E-state index in [1.54, 1.807) is 6.07 Å². The summed E-state index contributed by atoms with van der Waals surface area (Å²) in [6.45, 7) is 1.94. The highest BCUT2D eigenvalue weighted by molar-refractivity contribution is 6.31. The van der Waals surface area contributed by atoms with Crippen LogP contribution in [0.25, 0.3) is 0 Å². The molecule has 0 unspecified atom stereocenters. The third-order valence-electron chi connectivity index (χ3n) is 3.87. The van der Waals surface area contributed by atoms with Crippen LogP contribution in [-0.2, 0) is 0 Å². The summed E-state index contributed by atoms with van der Waals surface area (Å²) >= 11 is 6.07. The molecule has 1 aromatic carbocycles. The first kappa shape index (κ1) is 14.4. The van der Waals surface area contributed by atoms with Crippen molar-refractivity contribution >= 4 is 17.5 Å². The van der Waals surface area contributed by atoms with Crippen molar-refractivity contribution in [3.8, 4) is 0 Å². The summed E-state index contributed by atoms with van der Waals surface area (Å²) in [5, 5.41) is 3.81. The SMILES string of the molecule is Cc1ccc(C(=O)NC2CCCCCCC2)cc1Cl. The van der Waals surface area contributed by atoms with Crippen LogP contribution in [0.15, 0.2) is 18.2 Å². The van der Waals surface area contributed by atoms with Gasteiger partial charge in [0, 0.05) is 16.6 Å². The number of benzene rings is 1. The number of rotatable bonds is 2. The monoisotopic (exact) mass is 279 g/mol. The van der Waals surface area contributed by atoms with E-state index < -0.39 is 0 Å². The van der Waals surface area contributed by atoms with Gasteiger partial charge < -0.3 is 5.32 Å². The number of halogens is 1. The van der Waals surface area contributed by atoms with Gasteiger partial charge in [0.25, 0.3) is 5.91 Å². The van der Waals surface area contributed by atoms with Crippen LogP contribution < -0.4 is 5.32 Å². The van der Waals surface area contributed by atoms with Gasteiger partial charge in [-0.25, -0.2) is 0 Å². The number of nitrogens with one attached hydrogen (secondary N) is 1. The fourth-order valence-corrected chi connectivity index (χ4v) is 2.78. The Hall–Kier alpha value is -1.02. The molecular weight excluding hydrogens is 258 g/mol. The smallest absolute Gasteiger partial charge is 0.251 e. The van der Waals surface area contributed by atoms with Crippen molar-refractivity contribution < 1.29 is 4.79 Å². The van der Waals surface area contributed by atoms with E-state index in [1.165, 1.54) is 32.1 Å². The number of hydrogen-bond donors (Lipinski definition) is 1. The second-order valence-corrected chi connectivity index (χ2v) is 5.89. The normalized spacial score (nSPS) is 17.6. The van der Waals surface area contributed by atoms with Gasteiger partial charge in [-0.3, -0.25) is 4.79 Å². The van der Waals surface area contributed by atoms with Gasteiger partial charge in [0.15, 0.2) is 0 Å². The van der Waals surface area contributed by atoms with Crippen molar-refractivity contribution in [2.75, 3.05) is 0 Å². The second kappa shape index (κ2) is 6.95. The fourth-order valence-electron chi connectivity index (χ4n) is 2.60. The van der Waals surface area contributed by atoms with Crippen molar-refractivity contribution in [1.29, 1.82) is 0 Å². The standard InChI is InChI=1S/C16H22ClNO/c1-12-9-10-13(11-15(12)17)16(19)18-14-7-5-3-2-4-6-8-14/h9-11,14H,2-8H2,1H3,(H,18,19). The molecule has 0 bridgehead atoms. The predicted molar refractivity (Wildman–Crippen MR) is 79.8 cm³/mol. The number of hydrogen-bond acceptors (Lipinski definition) is 1. The van der Waals surface area contributed by atoms with E-state index in [9.17, 15) is 4.79 Å². The molecule has 19 heavy (non-hydrogen) atoms. The van der Waals surface area contributed by atoms with Crippen LogP contribution >= 0.6 is 11.6 Å². The largest absolute Gasteiger partial charge is 0.349 e. The van der Waals surface area contributed by atoms with Gasteiger partial charge in [-0.05, 0) is 37.5 Å². The lowest BCUT2D eigenvalue weighted by Crippen LogP contribution is -2.35. The Bertz CT molecular complexity index is 436. The molecule has 0 atom stereocenters. The van der Waals surface area contributed by atoms with Gasteiger partial charge in [-0.15, -0.1) is 0 Å². The number of carbonyl (C=O) groups is 1. The van der Waals surface area contributed by atoms with E-state index in [4.69, 9.17) is 11.6 Å². The van der Waals surface area contributed by atoms with Crippen LogP contribution in [0.4, 0.5) is 0 Å². The first-order valence-corrected chi connectivity index (χ1v) is 7.61. The number of amides is 1. The summed E-state index contributed by atoms with van der Waals surface area (Å²) in [6, 6.07) is 5.83. The van der Waals surface area contributed by atoms with Crippen molar-refractivity contribution in [2.45, 2.75) is 57.9 Å². The highest BCUT2D eigenvalue weighted by Crippen LogP contribution is 2.19. The van der Waals surface area contributed by atoms with E-state index in [0.717, 1.165) is 18.4 Å². The van der Waals surface area contributed by atoms with E-state index in [2.05, 4.69) is 5.32 Å². The third-order valence-corrected chi connectivity index (χ3v) is 4.28. The summed E-state index contributed by atoms with van der Waals surface area (Å²) in [5.41, 5.74) is 1.67. The summed E-state index contributed by atoms with van der Waals surface area (Å²) in [6.07, 6.45) is 8.58. The van der Waals surface area contributed by atoms with E-state index in [0.29, 0.717) is 16.6 Å². The van der Waals surface area contributed by atoms with E-state index in [1.807, 2.05) is 19.1 Å². The molecule has 0 aliphatic heterocycles. The molecule has 1 aromatic rings. The van der Waals surface area contributed by atoms with Crippen LogP contribution in [0, 0.1) is 6.92 Å². The summed E-state index contributed by atoms with van der Waals surface area (Å²) < 4.78 is 0. The molecule has 1 amide bonds. The molecule has 1 aliphatic carbocycles. The minimum atomic E-state index is 0.00692. The molecule has 1 N–H and O–H groups in total. The van der Waals surface area contributed by atoms with Gasteiger partial charge in [0.1, 0.15) is 0 Å². The first-order chi connectivity index (χ1) is 9.16. The average molecular weight is 280 g/mol. The Morgan fingerprint density at radius 3 is 2.42 bits per heavy atom. The van der Waals surface area contributed by atoms with Crippen LogP contribution in [0.5, 0.6) is 0 Å². The van der Waals surface area contributed by atoms with E-state index in [-0.39, 0.29) is 5.91 Å². The van der Waals surface area contributed by atoms with Gasteiger partial charge in [-0.2, -0.15) is 0 Å². The minimum absolute atomic E-state index is 0.00692. The van der Waals surface area contributed by atoms with Crippen molar-refractivity contribution in [1.82, 2.24) is 5.32 Å². The molecule has 1 saturated carbocycles. The minimum Gasteiger partial charge on any atom is -0.349 e. The second-order valence-electron chi connectivity index (χ2n) is 5.48. The third kappa shape index (κ3) is 4.24. The molecule has 0 saturated heterocycles. The molecule has 0 radical (unpaired) electrons. The number of carbonyl (C=O) groups excluding carboxylic acids is 1. The topological polar surface area (TPSA) is 29.1 Å². The molecule has 2 rings (SSSR count). The molecule has 0 aromatic heterocycles. The Labute approximate surface area is 120 Å². The molecule has 1 aliphatic rings. The zero-order valence-corrected chi connectivity index (χ0v) is 12.3. The molecule has 2 nitrogen and oxygen atoms in total.